The summed E-state index contributed by atoms with van der Waals surface area (Å²) >= 11 is 1.97. The average Bonchev–Trinajstić information content (AvgIpc) is 3.05. The van der Waals surface area contributed by atoms with E-state index in [1.165, 1.54) is 0 Å². The van der Waals surface area contributed by atoms with Crippen molar-refractivity contribution in [1.29, 1.82) is 0 Å². The number of hydrogen-bond acceptors (Lipinski definition) is 5. The van der Waals surface area contributed by atoms with Crippen molar-refractivity contribution in [3.8, 4) is 0 Å². The number of hydrogen-bond donors (Lipinski definition) is 2. The first-order valence-corrected chi connectivity index (χ1v) is 8.79. The summed E-state index contributed by atoms with van der Waals surface area (Å²) in [7, 11) is 0. The fourth-order valence-electron chi connectivity index (χ4n) is 2.99. The Kier molecular flexibility index (Phi) is 5.17. The highest BCUT2D eigenvalue weighted by molar-refractivity contribution is 7.99. The van der Waals surface area contributed by atoms with Gasteiger partial charge >= 0.3 is 6.03 Å². The number of morpholine rings is 1. The first kappa shape index (κ1) is 15.6. The molecule has 7 heteroatoms. The summed E-state index contributed by atoms with van der Waals surface area (Å²) in [5.41, 5.74) is 0.832. The highest BCUT2D eigenvalue weighted by Crippen LogP contribution is 2.33. The molecule has 2 aliphatic rings. The molecule has 0 bridgehead atoms. The van der Waals surface area contributed by atoms with Gasteiger partial charge in [0.15, 0.2) is 0 Å². The van der Waals surface area contributed by atoms with Crippen LogP contribution in [0.5, 0.6) is 0 Å². The predicted octanol–water partition coefficient (Wildman–Crippen LogP) is 1.41. The molecule has 2 N–H and O–H groups in total. The summed E-state index contributed by atoms with van der Waals surface area (Å²) in [6, 6.07) is 3.40. The number of aromatic nitrogens is 1. The largest absolute Gasteiger partial charge is 0.379 e. The molecular weight excluding hydrogens is 300 g/mol. The van der Waals surface area contributed by atoms with Crippen LogP contribution in [0.2, 0.25) is 0 Å². The SMILES string of the molecule is O=C(NC[C@@]1(N2CCOCC2)CCSC1)Nc1ccncc1. The first-order valence-electron chi connectivity index (χ1n) is 7.64. The third-order valence-electron chi connectivity index (χ3n) is 4.28. The lowest BCUT2D eigenvalue weighted by atomic mass is 9.95. The van der Waals surface area contributed by atoms with E-state index >= 15 is 0 Å². The van der Waals surface area contributed by atoms with Crippen LogP contribution in [0.4, 0.5) is 10.5 Å². The van der Waals surface area contributed by atoms with Crippen molar-refractivity contribution in [2.24, 2.45) is 0 Å². The van der Waals surface area contributed by atoms with Crippen molar-refractivity contribution in [2.45, 2.75) is 12.0 Å². The number of ether oxygens (including phenoxy) is 1. The van der Waals surface area contributed by atoms with Gasteiger partial charge in [0.2, 0.25) is 0 Å². The quantitative estimate of drug-likeness (QED) is 0.877. The van der Waals surface area contributed by atoms with Crippen LogP contribution >= 0.6 is 11.8 Å². The molecule has 2 aliphatic heterocycles. The van der Waals surface area contributed by atoms with Gasteiger partial charge in [-0.05, 0) is 24.3 Å². The minimum Gasteiger partial charge on any atom is -0.379 e. The van der Waals surface area contributed by atoms with Gasteiger partial charge in [0, 0.05) is 49.0 Å². The third kappa shape index (κ3) is 3.71. The number of pyridine rings is 1. The van der Waals surface area contributed by atoms with Gasteiger partial charge in [-0.3, -0.25) is 9.88 Å². The Morgan fingerprint density at radius 3 is 2.82 bits per heavy atom. The van der Waals surface area contributed by atoms with Crippen LogP contribution < -0.4 is 10.6 Å². The molecule has 1 aromatic heterocycles. The Morgan fingerprint density at radius 1 is 1.36 bits per heavy atom. The Balaban J connectivity index is 1.56. The van der Waals surface area contributed by atoms with E-state index in [2.05, 4.69) is 20.5 Å². The van der Waals surface area contributed by atoms with Crippen LogP contribution in [0.1, 0.15) is 6.42 Å². The standard InChI is InChI=1S/C15H22N4O2S/c20-14(18-13-1-4-16-5-2-13)17-11-15(3-10-22-12-15)19-6-8-21-9-7-19/h1-2,4-5H,3,6-12H2,(H2,16,17,18,20)/t15-/m0/s1. The molecule has 0 aliphatic carbocycles. The van der Waals surface area contributed by atoms with E-state index in [9.17, 15) is 4.79 Å². The van der Waals surface area contributed by atoms with Crippen molar-refractivity contribution >= 4 is 23.5 Å². The Labute approximate surface area is 135 Å². The Hall–Kier alpha value is -1.31. The summed E-state index contributed by atoms with van der Waals surface area (Å²) in [5.74, 6) is 2.23. The number of anilines is 1. The minimum atomic E-state index is -0.157. The number of amides is 2. The van der Waals surface area contributed by atoms with Gasteiger partial charge in [0.25, 0.3) is 0 Å². The number of carbonyl (C=O) groups is 1. The molecule has 3 heterocycles. The van der Waals surface area contributed by atoms with Crippen molar-refractivity contribution in [1.82, 2.24) is 15.2 Å². The molecule has 1 atom stereocenters. The van der Waals surface area contributed by atoms with E-state index in [-0.39, 0.29) is 11.6 Å². The van der Waals surface area contributed by atoms with Gasteiger partial charge in [-0.25, -0.2) is 4.79 Å². The molecular formula is C15H22N4O2S. The normalized spacial score (nSPS) is 25.8. The molecule has 6 nitrogen and oxygen atoms in total. The molecule has 2 amide bonds. The van der Waals surface area contributed by atoms with Gasteiger partial charge in [-0.2, -0.15) is 11.8 Å². The number of thioether (sulfide) groups is 1. The second-order valence-electron chi connectivity index (χ2n) is 5.67. The molecule has 0 unspecified atom stereocenters. The molecule has 0 spiro atoms. The van der Waals surface area contributed by atoms with Crippen molar-refractivity contribution < 1.29 is 9.53 Å². The lowest BCUT2D eigenvalue weighted by Crippen LogP contribution is -2.59. The van der Waals surface area contributed by atoms with Crippen molar-refractivity contribution in [2.75, 3.05) is 49.7 Å². The maximum Gasteiger partial charge on any atom is 0.319 e. The van der Waals surface area contributed by atoms with E-state index in [1.54, 1.807) is 24.5 Å². The van der Waals surface area contributed by atoms with E-state index < -0.39 is 0 Å². The molecule has 0 saturated carbocycles. The minimum absolute atomic E-state index is 0.0734. The van der Waals surface area contributed by atoms with Crippen LogP contribution in [0.3, 0.4) is 0 Å². The number of nitrogens with zero attached hydrogens (tertiary/aromatic N) is 2. The summed E-state index contributed by atoms with van der Waals surface area (Å²) < 4.78 is 5.45. The molecule has 120 valence electrons. The summed E-state index contributed by atoms with van der Waals surface area (Å²) in [5, 5.41) is 5.89. The molecule has 0 radical (unpaired) electrons. The summed E-state index contributed by atoms with van der Waals surface area (Å²) in [4.78, 5) is 18.5. The smallest absolute Gasteiger partial charge is 0.319 e. The molecule has 22 heavy (non-hydrogen) atoms. The third-order valence-corrected chi connectivity index (χ3v) is 5.51. The topological polar surface area (TPSA) is 66.5 Å². The lowest BCUT2D eigenvalue weighted by Gasteiger charge is -2.43. The zero-order valence-corrected chi connectivity index (χ0v) is 13.4. The first-order chi connectivity index (χ1) is 10.8. The average molecular weight is 322 g/mol. The maximum atomic E-state index is 12.1. The molecule has 0 aromatic carbocycles. The van der Waals surface area contributed by atoms with Crippen molar-refractivity contribution in [3.63, 3.8) is 0 Å². The number of rotatable bonds is 4. The lowest BCUT2D eigenvalue weighted by molar-refractivity contribution is -0.0123. The van der Waals surface area contributed by atoms with Crippen LogP contribution in [0, 0.1) is 0 Å². The van der Waals surface area contributed by atoms with Crippen LogP contribution in [0.25, 0.3) is 0 Å². The second kappa shape index (κ2) is 7.30. The molecule has 2 fully saturated rings. The van der Waals surface area contributed by atoms with Gasteiger partial charge in [0.05, 0.1) is 13.2 Å². The molecule has 1 aromatic rings. The van der Waals surface area contributed by atoms with E-state index in [0.717, 1.165) is 49.9 Å². The van der Waals surface area contributed by atoms with Crippen LogP contribution in [0.15, 0.2) is 24.5 Å². The van der Waals surface area contributed by atoms with E-state index in [4.69, 9.17) is 4.74 Å². The van der Waals surface area contributed by atoms with Crippen molar-refractivity contribution in [3.05, 3.63) is 24.5 Å². The second-order valence-corrected chi connectivity index (χ2v) is 6.78. The van der Waals surface area contributed by atoms with Crippen LogP contribution in [-0.2, 0) is 4.74 Å². The highest BCUT2D eigenvalue weighted by atomic mass is 32.2. The number of urea groups is 1. The highest BCUT2D eigenvalue weighted by Gasteiger charge is 2.40. The predicted molar refractivity (Wildman–Crippen MR) is 88.3 cm³/mol. The molecule has 2 saturated heterocycles. The van der Waals surface area contributed by atoms with E-state index in [0.29, 0.717) is 6.54 Å². The molecule has 3 rings (SSSR count). The zero-order valence-electron chi connectivity index (χ0n) is 12.6. The summed E-state index contributed by atoms with van der Waals surface area (Å²) in [6.45, 7) is 4.16. The Bertz CT molecular complexity index is 488. The fourth-order valence-corrected chi connectivity index (χ4v) is 4.47. The monoisotopic (exact) mass is 322 g/mol. The van der Waals surface area contributed by atoms with Gasteiger partial charge in [-0.1, -0.05) is 0 Å². The zero-order chi connectivity index (χ0) is 15.3. The fraction of sp³-hybridized carbons (Fsp3) is 0.600. The number of carbonyl (C=O) groups excluding carboxylic acids is 1. The van der Waals surface area contributed by atoms with Gasteiger partial charge in [0.1, 0.15) is 0 Å². The van der Waals surface area contributed by atoms with Crippen LogP contribution in [-0.4, -0.2) is 65.8 Å². The van der Waals surface area contributed by atoms with E-state index in [1.807, 2.05) is 11.8 Å². The summed E-state index contributed by atoms with van der Waals surface area (Å²) in [6.07, 6.45) is 4.45. The number of nitrogens with one attached hydrogen (secondary N) is 2. The van der Waals surface area contributed by atoms with Gasteiger partial charge in [-0.15, -0.1) is 0 Å². The van der Waals surface area contributed by atoms with Gasteiger partial charge < -0.3 is 15.4 Å². The maximum absolute atomic E-state index is 12.1. The Morgan fingerprint density at radius 2 is 2.14 bits per heavy atom.